The highest BCUT2D eigenvalue weighted by Crippen LogP contribution is 2.13. The van der Waals surface area contributed by atoms with Crippen LogP contribution in [0.3, 0.4) is 0 Å². The lowest BCUT2D eigenvalue weighted by Crippen LogP contribution is -2.28. The first-order chi connectivity index (χ1) is 8.83. The summed E-state index contributed by atoms with van der Waals surface area (Å²) in [6, 6.07) is 13.2. The molecule has 0 saturated carbocycles. The molecule has 1 aromatic carbocycles. The van der Waals surface area contributed by atoms with Gasteiger partial charge in [0.2, 0.25) is 0 Å². The minimum Gasteiger partial charge on any atom is -0.369 e. The zero-order valence-electron chi connectivity index (χ0n) is 11.1. The van der Waals surface area contributed by atoms with Gasteiger partial charge in [-0.2, -0.15) is 0 Å². The largest absolute Gasteiger partial charge is 0.369 e. The molecule has 0 aliphatic heterocycles. The number of benzene rings is 1. The maximum Gasteiger partial charge on any atom is 0.127 e. The molecule has 1 aromatic heterocycles. The number of aromatic nitrogens is 1. The standard InChI is InChI=1S/C15H20N3/c1-3-18(4-2)12-11-16-15-10-9-13-7-5-6-8-14(13)17-15/h5-8,10H,3-4,11-12H2,1-2H3,(H,16,17). The van der Waals surface area contributed by atoms with E-state index in [-0.39, 0.29) is 0 Å². The lowest BCUT2D eigenvalue weighted by atomic mass is 10.2. The lowest BCUT2D eigenvalue weighted by Gasteiger charge is -2.18. The Bertz CT molecular complexity index is 492. The monoisotopic (exact) mass is 242 g/mol. The van der Waals surface area contributed by atoms with E-state index in [0.29, 0.717) is 0 Å². The quantitative estimate of drug-likeness (QED) is 0.844. The molecule has 0 atom stereocenters. The van der Waals surface area contributed by atoms with Crippen molar-refractivity contribution in [1.29, 1.82) is 0 Å². The Morgan fingerprint density at radius 3 is 2.78 bits per heavy atom. The van der Waals surface area contributed by atoms with E-state index < -0.39 is 0 Å². The normalized spacial score (nSPS) is 11.1. The molecule has 2 rings (SSSR count). The zero-order chi connectivity index (χ0) is 12.8. The number of rotatable bonds is 6. The predicted molar refractivity (Wildman–Crippen MR) is 76.9 cm³/mol. The van der Waals surface area contributed by atoms with Crippen LogP contribution >= 0.6 is 0 Å². The number of fused-ring (bicyclic) bond motifs is 1. The molecule has 0 spiro atoms. The molecule has 0 fully saturated rings. The van der Waals surface area contributed by atoms with Gasteiger partial charge in [0.15, 0.2) is 0 Å². The molecule has 0 saturated heterocycles. The molecule has 1 radical (unpaired) electrons. The maximum atomic E-state index is 4.56. The van der Waals surface area contributed by atoms with Crippen molar-refractivity contribution in [2.45, 2.75) is 13.8 Å². The van der Waals surface area contributed by atoms with Crippen LogP contribution in [0.25, 0.3) is 10.9 Å². The Hall–Kier alpha value is -1.61. The van der Waals surface area contributed by atoms with Crippen molar-refractivity contribution < 1.29 is 0 Å². The number of hydrogen-bond acceptors (Lipinski definition) is 3. The Kier molecular flexibility index (Phi) is 4.53. The number of nitrogens with one attached hydrogen (secondary N) is 1. The van der Waals surface area contributed by atoms with Crippen molar-refractivity contribution in [2.75, 3.05) is 31.5 Å². The minimum atomic E-state index is 0.904. The van der Waals surface area contributed by atoms with Crippen LogP contribution in [0.15, 0.2) is 30.3 Å². The molecule has 95 valence electrons. The van der Waals surface area contributed by atoms with E-state index in [4.69, 9.17) is 0 Å². The Morgan fingerprint density at radius 2 is 2.00 bits per heavy atom. The van der Waals surface area contributed by atoms with E-state index in [0.717, 1.165) is 42.9 Å². The van der Waals surface area contributed by atoms with Gasteiger partial charge in [-0.05, 0) is 31.3 Å². The Balaban J connectivity index is 1.95. The van der Waals surface area contributed by atoms with Crippen LogP contribution in [0.2, 0.25) is 0 Å². The van der Waals surface area contributed by atoms with Gasteiger partial charge in [-0.15, -0.1) is 0 Å². The van der Waals surface area contributed by atoms with E-state index in [9.17, 15) is 0 Å². The van der Waals surface area contributed by atoms with Gasteiger partial charge in [-0.1, -0.05) is 32.0 Å². The fourth-order valence-electron chi connectivity index (χ4n) is 1.97. The number of nitrogens with zero attached hydrogens (tertiary/aromatic N) is 2. The third-order valence-electron chi connectivity index (χ3n) is 3.14. The molecule has 3 heteroatoms. The number of pyridine rings is 1. The summed E-state index contributed by atoms with van der Waals surface area (Å²) in [4.78, 5) is 6.95. The van der Waals surface area contributed by atoms with E-state index in [2.05, 4.69) is 35.1 Å². The van der Waals surface area contributed by atoms with Gasteiger partial charge >= 0.3 is 0 Å². The molecule has 0 aliphatic rings. The van der Waals surface area contributed by atoms with Crippen LogP contribution in [0.1, 0.15) is 13.8 Å². The fraction of sp³-hybridized carbons (Fsp3) is 0.400. The van der Waals surface area contributed by atoms with E-state index in [1.165, 1.54) is 0 Å². The SMILES string of the molecule is CCN(CC)CCNc1c[c]c2ccccc2n1. The summed E-state index contributed by atoms with van der Waals surface area (Å²) >= 11 is 0. The molecule has 1 N–H and O–H groups in total. The summed E-state index contributed by atoms with van der Waals surface area (Å²) in [5, 5.41) is 4.41. The maximum absolute atomic E-state index is 4.56. The molecular formula is C15H20N3. The number of likely N-dealkylation sites (N-methyl/N-ethyl adjacent to an activating group) is 1. The second kappa shape index (κ2) is 6.36. The summed E-state index contributed by atoms with van der Waals surface area (Å²) in [6.45, 7) is 8.52. The molecule has 0 bridgehead atoms. The van der Waals surface area contributed by atoms with Crippen molar-refractivity contribution in [1.82, 2.24) is 9.88 Å². The van der Waals surface area contributed by atoms with Gasteiger partial charge in [0.1, 0.15) is 5.82 Å². The van der Waals surface area contributed by atoms with Crippen LogP contribution in [-0.4, -0.2) is 36.1 Å². The highest BCUT2D eigenvalue weighted by Gasteiger charge is 2.00. The molecule has 2 aromatic rings. The second-order valence-electron chi connectivity index (χ2n) is 4.26. The summed E-state index contributed by atoms with van der Waals surface area (Å²) in [5.41, 5.74) is 0.991. The van der Waals surface area contributed by atoms with Crippen molar-refractivity contribution in [2.24, 2.45) is 0 Å². The van der Waals surface area contributed by atoms with Crippen LogP contribution in [-0.2, 0) is 0 Å². The molecular weight excluding hydrogens is 222 g/mol. The van der Waals surface area contributed by atoms with Crippen molar-refractivity contribution >= 4 is 16.7 Å². The smallest absolute Gasteiger partial charge is 0.127 e. The van der Waals surface area contributed by atoms with Gasteiger partial charge in [0, 0.05) is 18.5 Å². The fourth-order valence-corrected chi connectivity index (χ4v) is 1.97. The first kappa shape index (κ1) is 12.8. The molecule has 3 nitrogen and oxygen atoms in total. The summed E-state index contributed by atoms with van der Waals surface area (Å²) in [5.74, 6) is 0.904. The van der Waals surface area contributed by atoms with E-state index in [1.54, 1.807) is 0 Å². The van der Waals surface area contributed by atoms with E-state index >= 15 is 0 Å². The zero-order valence-corrected chi connectivity index (χ0v) is 11.1. The van der Waals surface area contributed by atoms with Crippen molar-refractivity contribution in [3.05, 3.63) is 36.4 Å². The first-order valence-electron chi connectivity index (χ1n) is 6.57. The molecule has 18 heavy (non-hydrogen) atoms. The van der Waals surface area contributed by atoms with Crippen LogP contribution in [0.5, 0.6) is 0 Å². The van der Waals surface area contributed by atoms with Crippen LogP contribution < -0.4 is 5.32 Å². The number of hydrogen-bond donors (Lipinski definition) is 1. The molecule has 0 amide bonds. The van der Waals surface area contributed by atoms with Crippen molar-refractivity contribution in [3.8, 4) is 0 Å². The average molecular weight is 242 g/mol. The van der Waals surface area contributed by atoms with Gasteiger partial charge in [0.25, 0.3) is 0 Å². The second-order valence-corrected chi connectivity index (χ2v) is 4.26. The highest BCUT2D eigenvalue weighted by atomic mass is 15.1. The van der Waals surface area contributed by atoms with Crippen LogP contribution in [0.4, 0.5) is 5.82 Å². The molecule has 0 aliphatic carbocycles. The first-order valence-corrected chi connectivity index (χ1v) is 6.57. The Morgan fingerprint density at radius 1 is 1.22 bits per heavy atom. The number of anilines is 1. The number of para-hydroxylation sites is 1. The third kappa shape index (κ3) is 3.20. The van der Waals surface area contributed by atoms with Gasteiger partial charge in [-0.3, -0.25) is 0 Å². The lowest BCUT2D eigenvalue weighted by molar-refractivity contribution is 0.316. The summed E-state index contributed by atoms with van der Waals surface area (Å²) in [6.07, 6.45) is 0. The van der Waals surface area contributed by atoms with Crippen LogP contribution in [0, 0.1) is 6.07 Å². The van der Waals surface area contributed by atoms with E-state index in [1.807, 2.05) is 30.3 Å². The topological polar surface area (TPSA) is 28.2 Å². The highest BCUT2D eigenvalue weighted by molar-refractivity contribution is 5.79. The molecule has 0 unspecified atom stereocenters. The summed E-state index contributed by atoms with van der Waals surface area (Å²) in [7, 11) is 0. The third-order valence-corrected chi connectivity index (χ3v) is 3.14. The Labute approximate surface area is 109 Å². The predicted octanol–water partition coefficient (Wildman–Crippen LogP) is 2.79. The summed E-state index contributed by atoms with van der Waals surface area (Å²) < 4.78 is 0. The van der Waals surface area contributed by atoms with Gasteiger partial charge in [-0.25, -0.2) is 4.98 Å². The molecule has 1 heterocycles. The van der Waals surface area contributed by atoms with Gasteiger partial charge < -0.3 is 10.2 Å². The minimum absolute atomic E-state index is 0.904. The average Bonchev–Trinajstić information content (AvgIpc) is 2.43. The van der Waals surface area contributed by atoms with Gasteiger partial charge in [0.05, 0.1) is 5.52 Å². The van der Waals surface area contributed by atoms with Crippen molar-refractivity contribution in [3.63, 3.8) is 0 Å².